The maximum atomic E-state index is 4.29. The van der Waals surface area contributed by atoms with E-state index < -0.39 is 0 Å². The lowest BCUT2D eigenvalue weighted by molar-refractivity contribution is 1.18. The first-order valence-electron chi connectivity index (χ1n) is 4.75. The average Bonchev–Trinajstić information content (AvgIpc) is 2.73. The Labute approximate surface area is 99.9 Å². The van der Waals surface area contributed by atoms with Crippen molar-refractivity contribution < 1.29 is 0 Å². The fraction of sp³-hybridized carbons (Fsp3) is 0. The molecule has 0 spiro atoms. The molecule has 0 amide bonds. The van der Waals surface area contributed by atoms with Crippen LogP contribution in [0.25, 0.3) is 22.4 Å². The van der Waals surface area contributed by atoms with Gasteiger partial charge in [-0.05, 0) is 28.1 Å². The first-order valence-corrected chi connectivity index (χ1v) is 5.54. The summed E-state index contributed by atoms with van der Waals surface area (Å²) < 4.78 is 0.948. The largest absolute Gasteiger partial charge is 0.345 e. The lowest BCUT2D eigenvalue weighted by Gasteiger charge is -2.00. The number of aromatic nitrogens is 4. The molecule has 0 unspecified atom stereocenters. The standard InChI is InChI=1S/C11H7BrN4/c12-7-5-14-11-9(7)10(15-6-16-11)8-3-1-2-4-13-8/h1-6H,(H,14,15,16). The van der Waals surface area contributed by atoms with Crippen LogP contribution >= 0.6 is 15.9 Å². The molecule has 0 aromatic carbocycles. The first-order chi connectivity index (χ1) is 7.86. The predicted molar refractivity (Wildman–Crippen MR) is 64.8 cm³/mol. The molecule has 3 aromatic rings. The highest BCUT2D eigenvalue weighted by Gasteiger charge is 2.11. The molecule has 3 aromatic heterocycles. The van der Waals surface area contributed by atoms with Gasteiger partial charge in [0.15, 0.2) is 0 Å². The molecule has 0 aliphatic heterocycles. The molecule has 3 rings (SSSR count). The third kappa shape index (κ3) is 1.40. The van der Waals surface area contributed by atoms with Crippen LogP contribution in [0.5, 0.6) is 0 Å². The molecule has 0 aliphatic rings. The van der Waals surface area contributed by atoms with Gasteiger partial charge >= 0.3 is 0 Å². The van der Waals surface area contributed by atoms with Crippen LogP contribution in [-0.2, 0) is 0 Å². The van der Waals surface area contributed by atoms with Crippen molar-refractivity contribution in [1.29, 1.82) is 0 Å². The van der Waals surface area contributed by atoms with Crippen LogP contribution in [0.2, 0.25) is 0 Å². The van der Waals surface area contributed by atoms with Crippen LogP contribution < -0.4 is 0 Å². The predicted octanol–water partition coefficient (Wildman–Crippen LogP) is 2.78. The molecule has 16 heavy (non-hydrogen) atoms. The smallest absolute Gasteiger partial charge is 0.142 e. The van der Waals surface area contributed by atoms with Crippen molar-refractivity contribution in [2.45, 2.75) is 0 Å². The van der Waals surface area contributed by atoms with Crippen molar-refractivity contribution in [2.75, 3.05) is 0 Å². The van der Waals surface area contributed by atoms with Gasteiger partial charge < -0.3 is 4.98 Å². The van der Waals surface area contributed by atoms with Gasteiger partial charge in [-0.2, -0.15) is 0 Å². The molecule has 0 fully saturated rings. The molecular weight excluding hydrogens is 268 g/mol. The second-order valence-electron chi connectivity index (χ2n) is 3.30. The zero-order valence-electron chi connectivity index (χ0n) is 8.18. The Bertz CT molecular complexity index is 633. The summed E-state index contributed by atoms with van der Waals surface area (Å²) in [5, 5.41) is 0.959. The highest BCUT2D eigenvalue weighted by molar-refractivity contribution is 9.10. The van der Waals surface area contributed by atoms with E-state index in [0.717, 1.165) is 26.9 Å². The van der Waals surface area contributed by atoms with Crippen molar-refractivity contribution in [2.24, 2.45) is 0 Å². The van der Waals surface area contributed by atoms with Crippen molar-refractivity contribution in [3.8, 4) is 11.4 Å². The fourth-order valence-corrected chi connectivity index (χ4v) is 2.11. The number of H-pyrrole nitrogens is 1. The summed E-state index contributed by atoms with van der Waals surface area (Å²) in [5.74, 6) is 0. The topological polar surface area (TPSA) is 54.5 Å². The van der Waals surface area contributed by atoms with E-state index in [-0.39, 0.29) is 0 Å². The Morgan fingerprint density at radius 2 is 2.06 bits per heavy atom. The molecule has 3 heterocycles. The molecule has 4 nitrogen and oxygen atoms in total. The van der Waals surface area contributed by atoms with E-state index in [2.05, 4.69) is 35.9 Å². The van der Waals surface area contributed by atoms with Gasteiger partial charge in [-0.3, -0.25) is 4.98 Å². The van der Waals surface area contributed by atoms with E-state index in [1.807, 2.05) is 24.4 Å². The summed E-state index contributed by atoms with van der Waals surface area (Å²) in [6.07, 6.45) is 5.14. The molecule has 0 radical (unpaired) electrons. The number of rotatable bonds is 1. The second kappa shape index (κ2) is 3.68. The zero-order chi connectivity index (χ0) is 11.0. The van der Waals surface area contributed by atoms with Gasteiger partial charge in [0.05, 0.1) is 11.1 Å². The molecule has 0 atom stereocenters. The fourth-order valence-electron chi connectivity index (χ4n) is 1.62. The van der Waals surface area contributed by atoms with Gasteiger partial charge in [0.25, 0.3) is 0 Å². The molecule has 0 bridgehead atoms. The summed E-state index contributed by atoms with van der Waals surface area (Å²) in [6, 6.07) is 5.76. The lowest BCUT2D eigenvalue weighted by Crippen LogP contribution is -1.89. The van der Waals surface area contributed by atoms with E-state index in [9.17, 15) is 0 Å². The molecule has 0 saturated heterocycles. The normalized spacial score (nSPS) is 10.8. The lowest BCUT2D eigenvalue weighted by atomic mass is 10.2. The number of hydrogen-bond acceptors (Lipinski definition) is 3. The minimum absolute atomic E-state index is 0.808. The van der Waals surface area contributed by atoms with Crippen molar-refractivity contribution in [1.82, 2.24) is 19.9 Å². The minimum Gasteiger partial charge on any atom is -0.345 e. The van der Waals surface area contributed by atoms with Crippen molar-refractivity contribution in [3.05, 3.63) is 41.4 Å². The molecule has 0 aliphatic carbocycles. The molecule has 0 saturated carbocycles. The van der Waals surface area contributed by atoms with E-state index in [0.29, 0.717) is 0 Å². The maximum Gasteiger partial charge on any atom is 0.142 e. The SMILES string of the molecule is Brc1c[nH]c2ncnc(-c3ccccn3)c12. The van der Waals surface area contributed by atoms with Gasteiger partial charge in [0.1, 0.15) is 17.7 Å². The van der Waals surface area contributed by atoms with Crippen LogP contribution in [0.4, 0.5) is 0 Å². The van der Waals surface area contributed by atoms with Gasteiger partial charge in [-0.1, -0.05) is 6.07 Å². The van der Waals surface area contributed by atoms with Crippen molar-refractivity contribution >= 4 is 27.0 Å². The third-order valence-electron chi connectivity index (χ3n) is 2.33. The number of aromatic amines is 1. The Balaban J connectivity index is 2.36. The van der Waals surface area contributed by atoms with Crippen LogP contribution in [0.1, 0.15) is 0 Å². The van der Waals surface area contributed by atoms with Crippen LogP contribution in [0.3, 0.4) is 0 Å². The summed E-state index contributed by atoms with van der Waals surface area (Å²) in [4.78, 5) is 15.8. The zero-order valence-corrected chi connectivity index (χ0v) is 9.77. The molecule has 78 valence electrons. The van der Waals surface area contributed by atoms with Crippen LogP contribution in [0.15, 0.2) is 41.4 Å². The van der Waals surface area contributed by atoms with Gasteiger partial charge in [0.2, 0.25) is 0 Å². The van der Waals surface area contributed by atoms with Crippen molar-refractivity contribution in [3.63, 3.8) is 0 Å². The number of fused-ring (bicyclic) bond motifs is 1. The number of hydrogen-bond donors (Lipinski definition) is 1. The highest BCUT2D eigenvalue weighted by Crippen LogP contribution is 2.29. The Morgan fingerprint density at radius 3 is 2.88 bits per heavy atom. The second-order valence-corrected chi connectivity index (χ2v) is 4.15. The minimum atomic E-state index is 0.808. The first kappa shape index (κ1) is 9.47. The molecule has 5 heteroatoms. The summed E-state index contributed by atoms with van der Waals surface area (Å²) in [7, 11) is 0. The van der Waals surface area contributed by atoms with Crippen LogP contribution in [0, 0.1) is 0 Å². The van der Waals surface area contributed by atoms with Gasteiger partial charge in [0, 0.05) is 16.9 Å². The highest BCUT2D eigenvalue weighted by atomic mass is 79.9. The van der Waals surface area contributed by atoms with E-state index >= 15 is 0 Å². The monoisotopic (exact) mass is 274 g/mol. The Morgan fingerprint density at radius 1 is 1.12 bits per heavy atom. The number of nitrogens with zero attached hydrogens (tertiary/aromatic N) is 3. The van der Waals surface area contributed by atoms with E-state index in [1.54, 1.807) is 6.20 Å². The third-order valence-corrected chi connectivity index (χ3v) is 2.95. The van der Waals surface area contributed by atoms with Crippen LogP contribution in [-0.4, -0.2) is 19.9 Å². The average molecular weight is 275 g/mol. The molecular formula is C11H7BrN4. The number of nitrogens with one attached hydrogen (secondary N) is 1. The maximum absolute atomic E-state index is 4.29. The van der Waals surface area contributed by atoms with Gasteiger partial charge in [-0.25, -0.2) is 9.97 Å². The van der Waals surface area contributed by atoms with E-state index in [4.69, 9.17) is 0 Å². The summed E-state index contributed by atoms with van der Waals surface area (Å²) >= 11 is 3.48. The van der Waals surface area contributed by atoms with Gasteiger partial charge in [-0.15, -0.1) is 0 Å². The summed E-state index contributed by atoms with van der Waals surface area (Å²) in [6.45, 7) is 0. The van der Waals surface area contributed by atoms with E-state index in [1.165, 1.54) is 6.33 Å². The number of halogens is 1. The quantitative estimate of drug-likeness (QED) is 0.743. The Hall–Kier alpha value is -1.75. The summed E-state index contributed by atoms with van der Waals surface area (Å²) in [5.41, 5.74) is 2.48. The number of pyridine rings is 1. The Kier molecular flexibility index (Phi) is 2.18. The molecule has 1 N–H and O–H groups in total.